The van der Waals surface area contributed by atoms with Crippen molar-refractivity contribution in [2.45, 2.75) is 51.6 Å². The molecule has 4 atom stereocenters. The van der Waals surface area contributed by atoms with Crippen molar-refractivity contribution in [1.29, 1.82) is 0 Å². The topological polar surface area (TPSA) is 24.1 Å². The maximum absolute atomic E-state index is 3.69. The van der Waals surface area contributed by atoms with Gasteiger partial charge in [0.15, 0.2) is 0 Å². The van der Waals surface area contributed by atoms with E-state index in [1.165, 1.54) is 38.8 Å². The Balaban J connectivity index is 1.62. The molecule has 2 aliphatic rings. The molecule has 2 nitrogen and oxygen atoms in total. The van der Waals surface area contributed by atoms with Gasteiger partial charge in [-0.05, 0) is 44.2 Å². The minimum atomic E-state index is 0.835. The first-order valence-corrected chi connectivity index (χ1v) is 6.26. The summed E-state index contributed by atoms with van der Waals surface area (Å²) in [7, 11) is 0. The van der Waals surface area contributed by atoms with Crippen molar-refractivity contribution >= 4 is 0 Å². The van der Waals surface area contributed by atoms with Crippen LogP contribution in [0.3, 0.4) is 0 Å². The molecule has 0 saturated carbocycles. The third kappa shape index (κ3) is 2.29. The summed E-state index contributed by atoms with van der Waals surface area (Å²) in [6.07, 6.45) is 5.55. The molecule has 82 valence electrons. The van der Waals surface area contributed by atoms with Crippen LogP contribution in [0, 0.1) is 11.8 Å². The summed E-state index contributed by atoms with van der Waals surface area (Å²) in [5.74, 6) is 1.75. The predicted octanol–water partition coefficient (Wildman–Crippen LogP) is 1.76. The van der Waals surface area contributed by atoms with Crippen molar-refractivity contribution in [3.63, 3.8) is 0 Å². The van der Waals surface area contributed by atoms with E-state index in [1.807, 2.05) is 0 Å². The maximum Gasteiger partial charge on any atom is 0.0111 e. The molecule has 0 radical (unpaired) electrons. The second-order valence-corrected chi connectivity index (χ2v) is 5.21. The van der Waals surface area contributed by atoms with Crippen molar-refractivity contribution in [2.75, 3.05) is 13.1 Å². The lowest BCUT2D eigenvalue weighted by Crippen LogP contribution is -2.33. The number of hydrogen-bond acceptors (Lipinski definition) is 2. The van der Waals surface area contributed by atoms with Crippen molar-refractivity contribution in [1.82, 2.24) is 10.6 Å². The van der Waals surface area contributed by atoms with Crippen molar-refractivity contribution in [3.8, 4) is 0 Å². The van der Waals surface area contributed by atoms with E-state index in [-0.39, 0.29) is 0 Å². The molecule has 0 amide bonds. The zero-order chi connectivity index (χ0) is 9.97. The van der Waals surface area contributed by atoms with E-state index in [4.69, 9.17) is 0 Å². The largest absolute Gasteiger partial charge is 0.316 e. The van der Waals surface area contributed by atoms with Crippen LogP contribution >= 0.6 is 0 Å². The van der Waals surface area contributed by atoms with Gasteiger partial charge in [0.2, 0.25) is 0 Å². The summed E-state index contributed by atoms with van der Waals surface area (Å²) in [5.41, 5.74) is 0. The van der Waals surface area contributed by atoms with E-state index in [0.717, 1.165) is 23.9 Å². The minimum absolute atomic E-state index is 0.835. The van der Waals surface area contributed by atoms with Crippen LogP contribution in [0.4, 0.5) is 0 Å². The lowest BCUT2D eigenvalue weighted by Gasteiger charge is -2.21. The zero-order valence-corrected chi connectivity index (χ0v) is 9.55. The van der Waals surface area contributed by atoms with Crippen LogP contribution in [0.5, 0.6) is 0 Å². The predicted molar refractivity (Wildman–Crippen MR) is 60.4 cm³/mol. The monoisotopic (exact) mass is 196 g/mol. The molecule has 4 unspecified atom stereocenters. The van der Waals surface area contributed by atoms with E-state index in [2.05, 4.69) is 24.5 Å². The van der Waals surface area contributed by atoms with Crippen LogP contribution in [0.1, 0.15) is 39.5 Å². The molecule has 0 aliphatic carbocycles. The van der Waals surface area contributed by atoms with E-state index in [0.29, 0.717) is 0 Å². The lowest BCUT2D eigenvalue weighted by atomic mass is 9.89. The molecule has 2 aliphatic heterocycles. The normalized spacial score (nSPS) is 37.7. The fourth-order valence-electron chi connectivity index (χ4n) is 2.82. The molecule has 0 aromatic carbocycles. The molecule has 0 aromatic heterocycles. The van der Waals surface area contributed by atoms with Gasteiger partial charge in [0.1, 0.15) is 0 Å². The van der Waals surface area contributed by atoms with Crippen molar-refractivity contribution in [2.24, 2.45) is 11.8 Å². The summed E-state index contributed by atoms with van der Waals surface area (Å²) < 4.78 is 0. The first-order valence-electron chi connectivity index (χ1n) is 6.26. The fraction of sp³-hybridized carbons (Fsp3) is 1.00. The van der Waals surface area contributed by atoms with Crippen LogP contribution in [-0.4, -0.2) is 25.2 Å². The second kappa shape index (κ2) is 4.63. The summed E-state index contributed by atoms with van der Waals surface area (Å²) in [6.45, 7) is 7.03. The average molecular weight is 196 g/mol. The maximum atomic E-state index is 3.69. The van der Waals surface area contributed by atoms with Crippen LogP contribution < -0.4 is 10.6 Å². The summed E-state index contributed by atoms with van der Waals surface area (Å²) in [6, 6.07) is 1.69. The van der Waals surface area contributed by atoms with E-state index < -0.39 is 0 Å². The smallest absolute Gasteiger partial charge is 0.0111 e. The zero-order valence-electron chi connectivity index (χ0n) is 9.55. The molecule has 2 heteroatoms. The van der Waals surface area contributed by atoms with Gasteiger partial charge in [-0.3, -0.25) is 0 Å². The quantitative estimate of drug-likeness (QED) is 0.700. The molecule has 2 rings (SSSR count). The van der Waals surface area contributed by atoms with E-state index in [1.54, 1.807) is 0 Å². The van der Waals surface area contributed by atoms with E-state index >= 15 is 0 Å². The van der Waals surface area contributed by atoms with Gasteiger partial charge in [0.05, 0.1) is 0 Å². The highest BCUT2D eigenvalue weighted by Crippen LogP contribution is 2.32. The lowest BCUT2D eigenvalue weighted by molar-refractivity contribution is 0.369. The summed E-state index contributed by atoms with van der Waals surface area (Å²) >= 11 is 0. The first-order chi connectivity index (χ1) is 6.79. The third-order valence-electron chi connectivity index (χ3n) is 4.03. The van der Waals surface area contributed by atoms with Gasteiger partial charge in [0, 0.05) is 12.1 Å². The van der Waals surface area contributed by atoms with Gasteiger partial charge < -0.3 is 10.6 Å². The Bertz CT molecular complexity index is 181. The standard InChI is InChI=1S/C12H24N2/c1-3-9(2)7-13-8-10-6-11-4-5-12(10)14-11/h9-14H,3-8H2,1-2H3. The number of rotatable bonds is 5. The molecular formula is C12H24N2. The minimum Gasteiger partial charge on any atom is -0.316 e. The Morgan fingerprint density at radius 3 is 2.86 bits per heavy atom. The Hall–Kier alpha value is -0.0800. The van der Waals surface area contributed by atoms with Gasteiger partial charge in [0.25, 0.3) is 0 Å². The Labute approximate surface area is 87.8 Å². The molecule has 2 fully saturated rings. The molecule has 14 heavy (non-hydrogen) atoms. The molecule has 2 bridgehead atoms. The van der Waals surface area contributed by atoms with Gasteiger partial charge in [-0.15, -0.1) is 0 Å². The highest BCUT2D eigenvalue weighted by Gasteiger charge is 2.38. The Kier molecular flexibility index (Phi) is 3.45. The molecule has 2 heterocycles. The van der Waals surface area contributed by atoms with E-state index in [9.17, 15) is 0 Å². The highest BCUT2D eigenvalue weighted by atomic mass is 15.0. The van der Waals surface area contributed by atoms with Crippen LogP contribution in [-0.2, 0) is 0 Å². The van der Waals surface area contributed by atoms with Gasteiger partial charge in [-0.2, -0.15) is 0 Å². The SMILES string of the molecule is CCC(C)CNCC1CC2CCC1N2. The summed E-state index contributed by atoms with van der Waals surface area (Å²) in [5, 5.41) is 7.31. The first kappa shape index (κ1) is 10.4. The second-order valence-electron chi connectivity index (χ2n) is 5.21. The molecular weight excluding hydrogens is 172 g/mol. The third-order valence-corrected chi connectivity index (χ3v) is 4.03. The van der Waals surface area contributed by atoms with Gasteiger partial charge >= 0.3 is 0 Å². The molecule has 0 spiro atoms. The van der Waals surface area contributed by atoms with Crippen LogP contribution in [0.2, 0.25) is 0 Å². The number of hydrogen-bond donors (Lipinski definition) is 2. The van der Waals surface area contributed by atoms with Gasteiger partial charge in [-0.1, -0.05) is 20.3 Å². The van der Waals surface area contributed by atoms with Crippen molar-refractivity contribution in [3.05, 3.63) is 0 Å². The van der Waals surface area contributed by atoms with Crippen LogP contribution in [0.15, 0.2) is 0 Å². The summed E-state index contributed by atoms with van der Waals surface area (Å²) in [4.78, 5) is 0. The fourth-order valence-corrected chi connectivity index (χ4v) is 2.82. The Morgan fingerprint density at radius 2 is 2.29 bits per heavy atom. The molecule has 2 saturated heterocycles. The highest BCUT2D eigenvalue weighted by molar-refractivity contribution is 4.97. The Morgan fingerprint density at radius 1 is 1.43 bits per heavy atom. The number of nitrogens with one attached hydrogen (secondary N) is 2. The van der Waals surface area contributed by atoms with Crippen LogP contribution in [0.25, 0.3) is 0 Å². The van der Waals surface area contributed by atoms with Crippen molar-refractivity contribution < 1.29 is 0 Å². The molecule has 2 N–H and O–H groups in total. The number of fused-ring (bicyclic) bond motifs is 2. The average Bonchev–Trinajstić information content (AvgIpc) is 2.79. The van der Waals surface area contributed by atoms with Gasteiger partial charge in [-0.25, -0.2) is 0 Å². The molecule has 0 aromatic rings.